The van der Waals surface area contributed by atoms with Gasteiger partial charge in [-0.05, 0) is 25.7 Å². The number of aromatic nitrogens is 2. The van der Waals surface area contributed by atoms with Crippen molar-refractivity contribution in [3.63, 3.8) is 0 Å². The first kappa shape index (κ1) is 12.0. The molecule has 0 amide bonds. The maximum absolute atomic E-state index is 12.1. The Labute approximate surface area is 106 Å². The van der Waals surface area contributed by atoms with Crippen LogP contribution in [0.4, 0.5) is 0 Å². The fourth-order valence-electron chi connectivity index (χ4n) is 2.47. The Kier molecular flexibility index (Phi) is 2.82. The van der Waals surface area contributed by atoms with E-state index in [0.29, 0.717) is 13.1 Å². The van der Waals surface area contributed by atoms with Crippen LogP contribution in [-0.4, -0.2) is 45.9 Å². The summed E-state index contributed by atoms with van der Waals surface area (Å²) in [6, 6.07) is 0.191. The highest BCUT2D eigenvalue weighted by atomic mass is 32.2. The second-order valence-corrected chi connectivity index (χ2v) is 7.27. The number of piperidine rings is 1. The average molecular weight is 271 g/mol. The molecule has 1 saturated carbocycles. The standard InChI is InChI=1S/C11H17N3O3S/c15-10-7-12-14(8-10)9-3-5-13(6-4-9)18(16,17)11-1-2-11/h7-9,11,15H,1-6H2. The molecule has 1 N–H and O–H groups in total. The number of hydrogen-bond donors (Lipinski definition) is 1. The van der Waals surface area contributed by atoms with Gasteiger partial charge < -0.3 is 5.11 Å². The summed E-state index contributed by atoms with van der Waals surface area (Å²) in [7, 11) is -3.03. The lowest BCUT2D eigenvalue weighted by molar-refractivity contribution is 0.260. The molecule has 1 aromatic rings. The Hall–Kier alpha value is -1.08. The molecule has 1 saturated heterocycles. The lowest BCUT2D eigenvalue weighted by atomic mass is 10.1. The SMILES string of the molecule is O=S(=O)(C1CC1)N1CCC(n2cc(O)cn2)CC1. The van der Waals surface area contributed by atoms with E-state index in [2.05, 4.69) is 5.10 Å². The van der Waals surface area contributed by atoms with Crippen LogP contribution in [0.2, 0.25) is 0 Å². The van der Waals surface area contributed by atoms with Crippen molar-refractivity contribution >= 4 is 10.0 Å². The lowest BCUT2D eigenvalue weighted by Crippen LogP contribution is -2.40. The van der Waals surface area contributed by atoms with Crippen molar-refractivity contribution in [3.8, 4) is 5.75 Å². The summed E-state index contributed by atoms with van der Waals surface area (Å²) >= 11 is 0. The van der Waals surface area contributed by atoms with Gasteiger partial charge in [0.15, 0.2) is 5.75 Å². The van der Waals surface area contributed by atoms with E-state index in [1.54, 1.807) is 15.2 Å². The van der Waals surface area contributed by atoms with Crippen molar-refractivity contribution in [2.45, 2.75) is 37.0 Å². The second kappa shape index (κ2) is 4.24. The van der Waals surface area contributed by atoms with E-state index in [-0.39, 0.29) is 17.0 Å². The van der Waals surface area contributed by atoms with Crippen LogP contribution in [0.3, 0.4) is 0 Å². The Morgan fingerprint density at radius 1 is 1.22 bits per heavy atom. The fourth-order valence-corrected chi connectivity index (χ4v) is 4.34. The first-order valence-electron chi connectivity index (χ1n) is 6.29. The van der Waals surface area contributed by atoms with Crippen molar-refractivity contribution in [2.24, 2.45) is 0 Å². The van der Waals surface area contributed by atoms with Crippen molar-refractivity contribution < 1.29 is 13.5 Å². The predicted molar refractivity (Wildman–Crippen MR) is 65.7 cm³/mol. The molecule has 7 heteroatoms. The van der Waals surface area contributed by atoms with Crippen LogP contribution in [0.1, 0.15) is 31.7 Å². The molecular weight excluding hydrogens is 254 g/mol. The summed E-state index contributed by atoms with van der Waals surface area (Å²) in [5, 5.41) is 13.2. The molecule has 0 radical (unpaired) electrons. The third kappa shape index (κ3) is 2.12. The minimum absolute atomic E-state index is 0.122. The topological polar surface area (TPSA) is 75.4 Å². The summed E-state index contributed by atoms with van der Waals surface area (Å²) in [4.78, 5) is 0. The van der Waals surface area contributed by atoms with Crippen LogP contribution in [0.15, 0.2) is 12.4 Å². The number of hydrogen-bond acceptors (Lipinski definition) is 4. The summed E-state index contributed by atoms with van der Waals surface area (Å²) < 4.78 is 27.5. The van der Waals surface area contributed by atoms with Gasteiger partial charge in [0.2, 0.25) is 10.0 Å². The molecule has 0 unspecified atom stereocenters. The molecule has 0 bridgehead atoms. The van der Waals surface area contributed by atoms with Crippen LogP contribution in [-0.2, 0) is 10.0 Å². The van der Waals surface area contributed by atoms with Crippen molar-refractivity contribution in [1.29, 1.82) is 0 Å². The monoisotopic (exact) mass is 271 g/mol. The van der Waals surface area contributed by atoms with Gasteiger partial charge in [0.1, 0.15) is 0 Å². The molecule has 2 aliphatic rings. The molecule has 1 aromatic heterocycles. The van der Waals surface area contributed by atoms with Gasteiger partial charge >= 0.3 is 0 Å². The summed E-state index contributed by atoms with van der Waals surface area (Å²) in [5.41, 5.74) is 0. The second-order valence-electron chi connectivity index (χ2n) is 5.05. The maximum Gasteiger partial charge on any atom is 0.216 e. The third-order valence-electron chi connectivity index (χ3n) is 3.69. The van der Waals surface area contributed by atoms with Crippen LogP contribution >= 0.6 is 0 Å². The molecule has 0 atom stereocenters. The van der Waals surface area contributed by atoms with Crippen molar-refractivity contribution in [2.75, 3.05) is 13.1 Å². The van der Waals surface area contributed by atoms with Crippen LogP contribution in [0, 0.1) is 0 Å². The molecule has 100 valence electrons. The van der Waals surface area contributed by atoms with E-state index >= 15 is 0 Å². The van der Waals surface area contributed by atoms with Gasteiger partial charge in [-0.15, -0.1) is 0 Å². The van der Waals surface area contributed by atoms with Gasteiger partial charge in [-0.1, -0.05) is 0 Å². The molecular formula is C11H17N3O3S. The third-order valence-corrected chi connectivity index (χ3v) is 6.09. The Balaban J connectivity index is 1.64. The molecule has 6 nitrogen and oxygen atoms in total. The van der Waals surface area contributed by atoms with Gasteiger partial charge in [-0.25, -0.2) is 12.7 Å². The molecule has 2 fully saturated rings. The first-order valence-corrected chi connectivity index (χ1v) is 7.80. The number of rotatable bonds is 3. The van der Waals surface area contributed by atoms with Gasteiger partial charge in [-0.3, -0.25) is 4.68 Å². The Bertz CT molecular complexity index is 527. The zero-order valence-corrected chi connectivity index (χ0v) is 10.9. The van der Waals surface area contributed by atoms with Crippen molar-refractivity contribution in [1.82, 2.24) is 14.1 Å². The highest BCUT2D eigenvalue weighted by molar-refractivity contribution is 7.90. The van der Waals surface area contributed by atoms with Gasteiger partial charge in [0.25, 0.3) is 0 Å². The summed E-state index contributed by atoms with van der Waals surface area (Å²) in [6.07, 6.45) is 6.15. The highest BCUT2D eigenvalue weighted by Crippen LogP contribution is 2.34. The predicted octanol–water partition coefficient (Wildman–Crippen LogP) is 0.718. The Morgan fingerprint density at radius 3 is 2.39 bits per heavy atom. The lowest BCUT2D eigenvalue weighted by Gasteiger charge is -2.31. The fraction of sp³-hybridized carbons (Fsp3) is 0.727. The largest absolute Gasteiger partial charge is 0.505 e. The number of aromatic hydroxyl groups is 1. The first-order chi connectivity index (χ1) is 8.57. The minimum atomic E-state index is -3.03. The van der Waals surface area contributed by atoms with Crippen molar-refractivity contribution in [3.05, 3.63) is 12.4 Å². The smallest absolute Gasteiger partial charge is 0.216 e. The average Bonchev–Trinajstić information content (AvgIpc) is 3.13. The Morgan fingerprint density at radius 2 is 1.89 bits per heavy atom. The molecule has 1 aliphatic carbocycles. The van der Waals surface area contributed by atoms with E-state index in [1.165, 1.54) is 6.20 Å². The molecule has 1 aliphatic heterocycles. The van der Waals surface area contributed by atoms with E-state index < -0.39 is 10.0 Å². The molecule has 0 aromatic carbocycles. The molecule has 0 spiro atoms. The van der Waals surface area contributed by atoms with E-state index in [1.807, 2.05) is 0 Å². The zero-order chi connectivity index (χ0) is 12.8. The minimum Gasteiger partial charge on any atom is -0.505 e. The summed E-state index contributed by atoms with van der Waals surface area (Å²) in [6.45, 7) is 1.12. The van der Waals surface area contributed by atoms with Gasteiger partial charge in [-0.2, -0.15) is 5.10 Å². The van der Waals surface area contributed by atoms with Gasteiger partial charge in [0, 0.05) is 13.1 Å². The summed E-state index contributed by atoms with van der Waals surface area (Å²) in [5.74, 6) is 0.156. The number of nitrogens with zero attached hydrogens (tertiary/aromatic N) is 3. The zero-order valence-electron chi connectivity index (χ0n) is 10.1. The van der Waals surface area contributed by atoms with E-state index in [9.17, 15) is 13.5 Å². The number of sulfonamides is 1. The van der Waals surface area contributed by atoms with Crippen LogP contribution < -0.4 is 0 Å². The van der Waals surface area contributed by atoms with Crippen LogP contribution in [0.5, 0.6) is 5.75 Å². The quantitative estimate of drug-likeness (QED) is 0.879. The highest BCUT2D eigenvalue weighted by Gasteiger charge is 2.41. The molecule has 2 heterocycles. The van der Waals surface area contributed by atoms with Crippen LogP contribution in [0.25, 0.3) is 0 Å². The van der Waals surface area contributed by atoms with E-state index in [4.69, 9.17) is 0 Å². The molecule has 18 heavy (non-hydrogen) atoms. The molecule has 3 rings (SSSR count). The maximum atomic E-state index is 12.1. The van der Waals surface area contributed by atoms with Gasteiger partial charge in [0.05, 0.1) is 23.7 Å². The normalized spacial score (nSPS) is 23.3. The van der Waals surface area contributed by atoms with E-state index in [0.717, 1.165) is 25.7 Å².